The van der Waals surface area contributed by atoms with Crippen molar-refractivity contribution in [2.45, 2.75) is 31.2 Å². The van der Waals surface area contributed by atoms with Crippen molar-refractivity contribution in [3.05, 3.63) is 29.6 Å². The maximum atomic E-state index is 14.1. The molecule has 27 heavy (non-hydrogen) atoms. The lowest BCUT2D eigenvalue weighted by Gasteiger charge is -2.26. The zero-order valence-electron chi connectivity index (χ0n) is 15.3. The molecule has 1 saturated heterocycles. The summed E-state index contributed by atoms with van der Waals surface area (Å²) >= 11 is 5.03. The van der Waals surface area contributed by atoms with Crippen molar-refractivity contribution in [2.75, 3.05) is 26.3 Å². The lowest BCUT2D eigenvalue weighted by Crippen LogP contribution is -2.52. The van der Waals surface area contributed by atoms with E-state index in [1.54, 1.807) is 0 Å². The lowest BCUT2D eigenvalue weighted by molar-refractivity contribution is 0.0730. The summed E-state index contributed by atoms with van der Waals surface area (Å²) in [5.41, 5.74) is 3.99. The van der Waals surface area contributed by atoms with Gasteiger partial charge in [-0.2, -0.15) is 4.31 Å². The molecule has 1 amide bonds. The molecule has 1 aliphatic rings. The van der Waals surface area contributed by atoms with Gasteiger partial charge in [0, 0.05) is 18.6 Å². The van der Waals surface area contributed by atoms with Crippen LogP contribution in [0.4, 0.5) is 4.39 Å². The lowest BCUT2D eigenvalue weighted by atomic mass is 10.1. The minimum atomic E-state index is -3.84. The Morgan fingerprint density at radius 2 is 1.85 bits per heavy atom. The van der Waals surface area contributed by atoms with Crippen LogP contribution in [0.15, 0.2) is 23.1 Å². The molecule has 2 rings (SSSR count). The van der Waals surface area contributed by atoms with E-state index in [1.807, 2.05) is 20.8 Å². The van der Waals surface area contributed by atoms with Gasteiger partial charge in [-0.15, -0.1) is 0 Å². The van der Waals surface area contributed by atoms with Crippen LogP contribution in [0.1, 0.15) is 31.1 Å². The summed E-state index contributed by atoms with van der Waals surface area (Å²) in [7, 11) is -3.84. The van der Waals surface area contributed by atoms with E-state index in [-0.39, 0.29) is 41.9 Å². The number of morpholine rings is 1. The fraction of sp³-hybridized carbons (Fsp3) is 0.500. The number of thiocarbonyl (C=S) groups is 1. The van der Waals surface area contributed by atoms with E-state index >= 15 is 0 Å². The Morgan fingerprint density at radius 3 is 2.44 bits per heavy atom. The minimum Gasteiger partial charge on any atom is -0.379 e. The van der Waals surface area contributed by atoms with Crippen molar-refractivity contribution >= 4 is 33.3 Å². The third-order valence-corrected chi connectivity index (χ3v) is 5.67. The fourth-order valence-electron chi connectivity index (χ4n) is 2.33. The predicted molar refractivity (Wildman–Crippen MR) is 102 cm³/mol. The maximum absolute atomic E-state index is 14.1. The molecular weight excluding hydrogens is 395 g/mol. The highest BCUT2D eigenvalue weighted by Crippen LogP contribution is 2.20. The number of ether oxygens (including phenoxy) is 1. The molecule has 0 atom stereocenters. The molecule has 1 aliphatic heterocycles. The summed E-state index contributed by atoms with van der Waals surface area (Å²) in [6.07, 6.45) is 0. The number of rotatable bonds is 3. The van der Waals surface area contributed by atoms with E-state index in [0.29, 0.717) is 0 Å². The van der Waals surface area contributed by atoms with E-state index in [1.165, 1.54) is 4.31 Å². The highest BCUT2D eigenvalue weighted by Gasteiger charge is 2.28. The first-order chi connectivity index (χ1) is 12.5. The molecule has 3 N–H and O–H groups in total. The predicted octanol–water partition coefficient (Wildman–Crippen LogP) is 0.754. The van der Waals surface area contributed by atoms with Gasteiger partial charge in [0.25, 0.3) is 5.91 Å². The Labute approximate surface area is 163 Å². The molecule has 11 heteroatoms. The molecule has 0 aromatic heterocycles. The number of hydrazine groups is 1. The third-order valence-electron chi connectivity index (χ3n) is 3.57. The van der Waals surface area contributed by atoms with Crippen LogP contribution in [0.5, 0.6) is 0 Å². The van der Waals surface area contributed by atoms with E-state index < -0.39 is 27.3 Å². The zero-order valence-corrected chi connectivity index (χ0v) is 17.0. The molecule has 0 saturated carbocycles. The minimum absolute atomic E-state index is 0.147. The fourth-order valence-corrected chi connectivity index (χ4v) is 4.12. The molecule has 1 aromatic rings. The highest BCUT2D eigenvalue weighted by atomic mass is 32.2. The Kier molecular flexibility index (Phi) is 6.73. The van der Waals surface area contributed by atoms with Gasteiger partial charge in [-0.1, -0.05) is 0 Å². The molecule has 0 aliphatic carbocycles. The number of nitrogens with zero attached hydrogens (tertiary/aromatic N) is 1. The first-order valence-electron chi connectivity index (χ1n) is 8.27. The molecule has 0 radical (unpaired) electrons. The summed E-state index contributed by atoms with van der Waals surface area (Å²) in [6, 6.07) is 3.10. The second kappa shape index (κ2) is 8.46. The molecule has 8 nitrogen and oxygen atoms in total. The normalized spacial score (nSPS) is 15.9. The van der Waals surface area contributed by atoms with Crippen LogP contribution in [0.25, 0.3) is 0 Å². The number of nitrogens with one attached hydrogen (secondary N) is 3. The summed E-state index contributed by atoms with van der Waals surface area (Å²) in [5, 5.41) is 3.06. The number of halogens is 1. The van der Waals surface area contributed by atoms with Crippen LogP contribution in [0.2, 0.25) is 0 Å². The van der Waals surface area contributed by atoms with Crippen LogP contribution >= 0.6 is 12.2 Å². The van der Waals surface area contributed by atoms with Gasteiger partial charge in [0.2, 0.25) is 10.0 Å². The van der Waals surface area contributed by atoms with E-state index in [9.17, 15) is 17.6 Å². The van der Waals surface area contributed by atoms with Gasteiger partial charge in [-0.25, -0.2) is 12.8 Å². The number of carbonyl (C=O) groups is 1. The number of hydrogen-bond donors (Lipinski definition) is 3. The smallest absolute Gasteiger partial charge is 0.272 e. The number of hydrogen-bond acceptors (Lipinski definition) is 5. The zero-order chi connectivity index (χ0) is 20.2. The van der Waals surface area contributed by atoms with Crippen molar-refractivity contribution in [3.8, 4) is 0 Å². The van der Waals surface area contributed by atoms with Gasteiger partial charge < -0.3 is 10.1 Å². The monoisotopic (exact) mass is 418 g/mol. The largest absolute Gasteiger partial charge is 0.379 e. The summed E-state index contributed by atoms with van der Waals surface area (Å²) in [4.78, 5) is 12.1. The van der Waals surface area contributed by atoms with Crippen molar-refractivity contribution in [1.29, 1.82) is 0 Å². The third kappa shape index (κ3) is 5.83. The maximum Gasteiger partial charge on any atom is 0.272 e. The number of sulfonamides is 1. The SMILES string of the molecule is CC(C)(C)NC(=S)NNC(=O)c1cc(S(=O)(=O)N2CCOCC2)ccc1F. The average molecular weight is 419 g/mol. The number of benzene rings is 1. The first kappa shape index (κ1) is 21.5. The molecule has 0 unspecified atom stereocenters. The molecule has 1 aromatic carbocycles. The Hall–Kier alpha value is -1.82. The van der Waals surface area contributed by atoms with Crippen LogP contribution in [-0.2, 0) is 14.8 Å². The number of amides is 1. The van der Waals surface area contributed by atoms with Gasteiger partial charge in [-0.05, 0) is 51.2 Å². The Bertz CT molecular complexity index is 818. The second-order valence-electron chi connectivity index (χ2n) is 6.94. The van der Waals surface area contributed by atoms with Crippen LogP contribution in [-0.4, -0.2) is 55.6 Å². The molecule has 1 fully saturated rings. The highest BCUT2D eigenvalue weighted by molar-refractivity contribution is 7.89. The summed E-state index contributed by atoms with van der Waals surface area (Å²) in [6.45, 7) is 6.62. The van der Waals surface area contributed by atoms with Gasteiger partial charge in [0.15, 0.2) is 5.11 Å². The van der Waals surface area contributed by atoms with E-state index in [4.69, 9.17) is 17.0 Å². The van der Waals surface area contributed by atoms with Crippen LogP contribution in [0, 0.1) is 5.82 Å². The standard InChI is InChI=1S/C16H23FN4O4S2/c1-16(2,3)18-15(26)20-19-14(22)12-10-11(4-5-13(12)17)27(23,24)21-6-8-25-9-7-21/h4-5,10H,6-9H2,1-3H3,(H,19,22)(H2,18,20,26). The van der Waals surface area contributed by atoms with Crippen molar-refractivity contribution < 1.29 is 22.3 Å². The van der Waals surface area contributed by atoms with Gasteiger partial charge in [-0.3, -0.25) is 15.6 Å². The van der Waals surface area contributed by atoms with Crippen molar-refractivity contribution in [3.63, 3.8) is 0 Å². The van der Waals surface area contributed by atoms with Gasteiger partial charge in [0.05, 0.1) is 23.7 Å². The van der Waals surface area contributed by atoms with Crippen LogP contribution in [0.3, 0.4) is 0 Å². The Balaban J connectivity index is 2.14. The van der Waals surface area contributed by atoms with Crippen molar-refractivity contribution in [1.82, 2.24) is 20.5 Å². The van der Waals surface area contributed by atoms with E-state index in [2.05, 4.69) is 16.2 Å². The topological polar surface area (TPSA) is 99.8 Å². The molecular formula is C16H23FN4O4S2. The summed E-state index contributed by atoms with van der Waals surface area (Å²) < 4.78 is 45.8. The molecule has 0 spiro atoms. The van der Waals surface area contributed by atoms with Crippen molar-refractivity contribution in [2.24, 2.45) is 0 Å². The van der Waals surface area contributed by atoms with Crippen LogP contribution < -0.4 is 16.2 Å². The summed E-state index contributed by atoms with van der Waals surface area (Å²) in [5.74, 6) is -1.69. The molecule has 150 valence electrons. The van der Waals surface area contributed by atoms with Gasteiger partial charge >= 0.3 is 0 Å². The second-order valence-corrected chi connectivity index (χ2v) is 9.29. The molecule has 0 bridgehead atoms. The molecule has 1 heterocycles. The Morgan fingerprint density at radius 1 is 1.22 bits per heavy atom. The van der Waals surface area contributed by atoms with E-state index in [0.717, 1.165) is 18.2 Å². The van der Waals surface area contributed by atoms with Gasteiger partial charge in [0.1, 0.15) is 5.82 Å². The number of carbonyl (C=O) groups excluding carboxylic acids is 1. The first-order valence-corrected chi connectivity index (χ1v) is 10.1. The quantitative estimate of drug-likeness (QED) is 0.492. The average Bonchev–Trinajstić information content (AvgIpc) is 2.59.